The quantitative estimate of drug-likeness (QED) is 0.0767. The van der Waals surface area contributed by atoms with Gasteiger partial charge in [0.1, 0.15) is 11.5 Å². The minimum absolute atomic E-state index is 0.0864. The fourth-order valence-corrected chi connectivity index (χ4v) is 8.21. The summed E-state index contributed by atoms with van der Waals surface area (Å²) in [5.74, 6) is 0.135. The summed E-state index contributed by atoms with van der Waals surface area (Å²) in [5.41, 5.74) is 4.32. The van der Waals surface area contributed by atoms with Crippen LogP contribution >= 0.6 is 11.6 Å². The van der Waals surface area contributed by atoms with Crippen molar-refractivity contribution >= 4 is 45.9 Å². The van der Waals surface area contributed by atoms with Crippen molar-refractivity contribution in [2.24, 2.45) is 0 Å². The number of benzene rings is 4. The van der Waals surface area contributed by atoms with E-state index in [2.05, 4.69) is 20.5 Å². The summed E-state index contributed by atoms with van der Waals surface area (Å²) in [4.78, 5) is 44.7. The number of anilines is 2. The largest absolute Gasteiger partial charge is 0.506 e. The fourth-order valence-electron chi connectivity index (χ4n) is 7.98. The zero-order valence-electron chi connectivity index (χ0n) is 30.5. The third-order valence-electron chi connectivity index (χ3n) is 10.9. The van der Waals surface area contributed by atoms with Crippen molar-refractivity contribution in [3.05, 3.63) is 117 Å². The number of nitrogens with one attached hydrogen (secondary N) is 3. The second-order valence-corrected chi connectivity index (χ2v) is 14.7. The predicted octanol–water partition coefficient (Wildman–Crippen LogP) is 6.68. The van der Waals surface area contributed by atoms with Crippen LogP contribution in [0.25, 0.3) is 22.0 Å². The molecule has 3 aliphatic heterocycles. The number of carboxylic acid groups (broad SMARTS) is 1. The number of aromatic amines is 1. The molecule has 1 aromatic heterocycles. The number of hydrogen-bond acceptors (Lipinski definition) is 8. The number of carbonyl (C=O) groups is 2. The maximum atomic E-state index is 13.3. The highest BCUT2D eigenvalue weighted by atomic mass is 35.5. The Morgan fingerprint density at radius 1 is 1.00 bits per heavy atom. The van der Waals surface area contributed by atoms with Crippen LogP contribution in [0.3, 0.4) is 0 Å². The van der Waals surface area contributed by atoms with Crippen LogP contribution in [-0.2, 0) is 17.8 Å². The number of phenolic OH excluding ortho intramolecular Hbond substituents is 1. The van der Waals surface area contributed by atoms with Gasteiger partial charge in [-0.15, -0.1) is 0 Å². The smallest absolute Gasteiger partial charge is 0.412 e. The molecule has 4 aromatic carbocycles. The van der Waals surface area contributed by atoms with Crippen molar-refractivity contribution in [2.45, 2.75) is 50.3 Å². The number of fused-ring (bicyclic) bond motifs is 4. The molecule has 5 aromatic rings. The number of nitrogens with zero attached hydrogens (tertiary/aromatic N) is 2. The summed E-state index contributed by atoms with van der Waals surface area (Å²) in [6, 6.07) is 24.9. The van der Waals surface area contributed by atoms with Crippen molar-refractivity contribution < 1.29 is 29.6 Å². The van der Waals surface area contributed by atoms with Crippen LogP contribution in [-0.4, -0.2) is 76.0 Å². The number of carbonyl (C=O) groups excluding carboxylic acids is 1. The molecule has 0 saturated carbocycles. The van der Waals surface area contributed by atoms with Crippen LogP contribution in [0.15, 0.2) is 89.7 Å². The van der Waals surface area contributed by atoms with Crippen molar-refractivity contribution in [3.63, 3.8) is 0 Å². The van der Waals surface area contributed by atoms with Crippen LogP contribution in [0.2, 0.25) is 5.02 Å². The number of phenols is 1. The third-order valence-corrected chi connectivity index (χ3v) is 11.3. The number of aromatic hydroxyl groups is 1. The Balaban J connectivity index is 1.03. The highest BCUT2D eigenvalue weighted by Gasteiger charge is 2.47. The predicted molar refractivity (Wildman–Crippen MR) is 213 cm³/mol. The zero-order chi connectivity index (χ0) is 38.7. The summed E-state index contributed by atoms with van der Waals surface area (Å²) in [6.07, 6.45) is 0.940. The van der Waals surface area contributed by atoms with Gasteiger partial charge in [0.2, 0.25) is 11.5 Å². The number of piperidine rings is 3. The molecule has 13 heteroatoms. The van der Waals surface area contributed by atoms with Crippen LogP contribution in [0, 0.1) is 0 Å². The number of hydrogen-bond donors (Lipinski definition) is 6. The molecule has 286 valence electrons. The van der Waals surface area contributed by atoms with Crippen LogP contribution in [0.4, 0.5) is 16.2 Å². The molecule has 6 N–H and O–H groups in total. The molecule has 2 amide bonds. The molecule has 55 heavy (non-hydrogen) atoms. The number of aryl methyl sites for hydroxylation is 1. The number of aliphatic hydroxyl groups excluding tert-OH is 1. The van der Waals surface area contributed by atoms with Crippen LogP contribution in [0.5, 0.6) is 11.5 Å². The number of aromatic nitrogens is 1. The minimum Gasteiger partial charge on any atom is -0.506 e. The Bertz CT molecular complexity index is 2260. The average Bonchev–Trinajstić information content (AvgIpc) is 3.19. The Morgan fingerprint density at radius 2 is 1.75 bits per heavy atom. The molecule has 3 aliphatic rings. The van der Waals surface area contributed by atoms with Crippen molar-refractivity contribution in [3.8, 4) is 22.6 Å². The van der Waals surface area contributed by atoms with Crippen molar-refractivity contribution in [2.75, 3.05) is 43.5 Å². The van der Waals surface area contributed by atoms with Gasteiger partial charge in [-0.2, -0.15) is 0 Å². The lowest BCUT2D eigenvalue weighted by atomic mass is 9.78. The molecular formula is C42H44ClN5O7. The van der Waals surface area contributed by atoms with Gasteiger partial charge in [-0.05, 0) is 66.6 Å². The molecule has 0 unspecified atom stereocenters. The van der Waals surface area contributed by atoms with E-state index in [9.17, 15) is 29.7 Å². The van der Waals surface area contributed by atoms with Crippen LogP contribution in [0.1, 0.15) is 48.5 Å². The van der Waals surface area contributed by atoms with Crippen molar-refractivity contribution in [1.82, 2.24) is 15.2 Å². The first kappa shape index (κ1) is 37.9. The highest BCUT2D eigenvalue weighted by molar-refractivity contribution is 6.33. The average molecular weight is 766 g/mol. The lowest BCUT2D eigenvalue weighted by Crippen LogP contribution is -2.62. The SMILES string of the molecule is COc1cc(NC(=O)CCc2ccc(-c3ccccc3)c(N(C(=O)O)C34CCN(CC3)CC4)c2)c(Cl)cc1CNC[C@@H](O)c1ccc(O)c2[nH]c(=O)ccc12. The second-order valence-electron chi connectivity index (χ2n) is 14.3. The molecule has 3 saturated heterocycles. The molecule has 2 bridgehead atoms. The van der Waals surface area contributed by atoms with E-state index < -0.39 is 17.7 Å². The zero-order valence-corrected chi connectivity index (χ0v) is 31.2. The first-order valence-electron chi connectivity index (χ1n) is 18.4. The minimum atomic E-state index is -0.967. The Morgan fingerprint density at radius 3 is 2.45 bits per heavy atom. The third kappa shape index (κ3) is 8.04. The number of aliphatic hydroxyl groups is 1. The summed E-state index contributed by atoms with van der Waals surface area (Å²) < 4.78 is 5.62. The fraction of sp³-hybridized carbons (Fsp3) is 0.310. The Labute approximate surface area is 323 Å². The molecule has 8 rings (SSSR count). The number of methoxy groups -OCH3 is 1. The number of pyridine rings is 1. The topological polar surface area (TPSA) is 167 Å². The van der Waals surface area contributed by atoms with E-state index in [1.165, 1.54) is 19.2 Å². The molecule has 12 nitrogen and oxygen atoms in total. The molecular weight excluding hydrogens is 722 g/mol. The van der Waals surface area contributed by atoms with Crippen LogP contribution < -0.4 is 25.8 Å². The number of ether oxygens (including phenoxy) is 1. The highest BCUT2D eigenvalue weighted by Crippen LogP contribution is 2.44. The number of H-pyrrole nitrogens is 1. The van der Waals surface area contributed by atoms with E-state index in [1.54, 1.807) is 29.2 Å². The standard InChI is InChI=1S/C42H44ClN5O7/c1-55-37-23-33(32(43)22-28(37)24-44-25-36(50)30-10-12-35(49)40-31(30)11-14-39(52)46-40)45-38(51)13-8-26-7-9-29(27-5-3-2-4-6-27)34(21-26)48(41(53)54)42-15-18-47(19-16-42)20-17-42/h2-7,9-12,14,21-23,36,44,49-50H,8,13,15-20,24-25H2,1H3,(H,45,51)(H,46,52)(H,53,54)/t36-/m1/s1. The summed E-state index contributed by atoms with van der Waals surface area (Å²) in [7, 11) is 1.52. The maximum absolute atomic E-state index is 13.3. The molecule has 0 aliphatic carbocycles. The van der Waals surface area contributed by atoms with E-state index in [0.717, 1.165) is 55.6 Å². The summed E-state index contributed by atoms with van der Waals surface area (Å²) in [5, 5.41) is 38.8. The van der Waals surface area contributed by atoms with Gasteiger partial charge in [0, 0.05) is 67.8 Å². The molecule has 0 spiro atoms. The van der Waals surface area contributed by atoms with Gasteiger partial charge in [0.05, 0.1) is 40.7 Å². The second kappa shape index (κ2) is 16.1. The Kier molecular flexibility index (Phi) is 11.1. The molecule has 1 atom stereocenters. The van der Waals surface area contributed by atoms with Gasteiger partial charge in [-0.1, -0.05) is 60.1 Å². The number of amides is 2. The maximum Gasteiger partial charge on any atom is 0.412 e. The molecule has 0 radical (unpaired) electrons. The monoisotopic (exact) mass is 765 g/mol. The van der Waals surface area contributed by atoms with Gasteiger partial charge in [0.15, 0.2) is 0 Å². The lowest BCUT2D eigenvalue weighted by Gasteiger charge is -2.53. The first-order valence-corrected chi connectivity index (χ1v) is 18.8. The van der Waals surface area contributed by atoms with E-state index in [4.69, 9.17) is 16.3 Å². The van der Waals surface area contributed by atoms with E-state index in [-0.39, 0.29) is 42.2 Å². The summed E-state index contributed by atoms with van der Waals surface area (Å²) in [6.45, 7) is 3.07. The lowest BCUT2D eigenvalue weighted by molar-refractivity contribution is -0.116. The summed E-state index contributed by atoms with van der Waals surface area (Å²) >= 11 is 6.65. The first-order chi connectivity index (χ1) is 26.5. The van der Waals surface area contributed by atoms with E-state index in [1.807, 2.05) is 48.5 Å². The van der Waals surface area contributed by atoms with E-state index in [0.29, 0.717) is 45.1 Å². The normalized spacial score (nSPS) is 18.2. The van der Waals surface area contributed by atoms with Gasteiger partial charge in [-0.3, -0.25) is 14.5 Å². The number of halogens is 1. The molecule has 3 fully saturated rings. The molecule has 4 heterocycles. The Hall–Kier alpha value is -5.40. The van der Waals surface area contributed by atoms with Gasteiger partial charge in [0.25, 0.3) is 0 Å². The van der Waals surface area contributed by atoms with Gasteiger partial charge >= 0.3 is 6.09 Å². The van der Waals surface area contributed by atoms with Gasteiger partial charge < -0.3 is 40.6 Å². The van der Waals surface area contributed by atoms with Crippen molar-refractivity contribution in [1.29, 1.82) is 0 Å². The number of rotatable bonds is 13. The van der Waals surface area contributed by atoms with Gasteiger partial charge in [-0.25, -0.2) is 4.79 Å². The van der Waals surface area contributed by atoms with E-state index >= 15 is 0 Å².